The molecule has 1 fully saturated rings. The largest absolute Gasteiger partial charge is 0.481 e. The van der Waals surface area contributed by atoms with Crippen molar-refractivity contribution in [3.05, 3.63) is 28.7 Å². The van der Waals surface area contributed by atoms with E-state index in [1.165, 1.54) is 0 Å². The van der Waals surface area contributed by atoms with Gasteiger partial charge in [0, 0.05) is 17.6 Å². The highest BCUT2D eigenvalue weighted by Crippen LogP contribution is 2.18. The summed E-state index contributed by atoms with van der Waals surface area (Å²) in [7, 11) is 0. The monoisotopic (exact) mass is 401 g/mol. The molecule has 1 aromatic carbocycles. The molecule has 1 heterocycles. The van der Waals surface area contributed by atoms with Crippen LogP contribution < -0.4 is 20.9 Å². The number of hydrazine groups is 1. The van der Waals surface area contributed by atoms with Crippen LogP contribution in [0.2, 0.25) is 0 Å². The molecule has 0 unspecified atom stereocenters. The number of hydrogen-bond donors (Lipinski definition) is 3. The molecule has 23 heavy (non-hydrogen) atoms. The molecule has 0 saturated carbocycles. The summed E-state index contributed by atoms with van der Waals surface area (Å²) in [5, 5.41) is 3.36. The van der Waals surface area contributed by atoms with Crippen LogP contribution in [0.25, 0.3) is 0 Å². The van der Waals surface area contributed by atoms with Crippen LogP contribution in [-0.2, 0) is 9.53 Å². The first kappa shape index (κ1) is 18.0. The number of hydrogen-bond acceptors (Lipinski definition) is 4. The first-order valence-electron chi connectivity index (χ1n) is 7.42. The fraction of sp³-hybridized carbons (Fsp3) is 0.467. The summed E-state index contributed by atoms with van der Waals surface area (Å²) in [4.78, 5) is 12.0. The van der Waals surface area contributed by atoms with Crippen molar-refractivity contribution in [3.63, 3.8) is 0 Å². The number of thiocarbonyl (C=S) groups is 1. The van der Waals surface area contributed by atoms with Gasteiger partial charge in [-0.2, -0.15) is 0 Å². The van der Waals surface area contributed by atoms with Crippen molar-refractivity contribution in [2.45, 2.75) is 32.0 Å². The second kappa shape index (κ2) is 9.05. The molecule has 0 radical (unpaired) electrons. The van der Waals surface area contributed by atoms with Gasteiger partial charge in [-0.25, -0.2) is 0 Å². The zero-order valence-corrected chi connectivity index (χ0v) is 15.2. The van der Waals surface area contributed by atoms with Gasteiger partial charge in [0.2, 0.25) is 0 Å². The van der Waals surface area contributed by atoms with Gasteiger partial charge in [0.1, 0.15) is 5.75 Å². The Hall–Kier alpha value is -1.38. The number of carbonyl (C=O) groups excluding carboxylic acids is 1. The summed E-state index contributed by atoms with van der Waals surface area (Å²) in [5.41, 5.74) is 5.18. The van der Waals surface area contributed by atoms with E-state index < -0.39 is 6.10 Å². The Morgan fingerprint density at radius 2 is 2.35 bits per heavy atom. The van der Waals surface area contributed by atoms with E-state index in [0.717, 1.165) is 23.9 Å². The van der Waals surface area contributed by atoms with Crippen LogP contribution in [0.4, 0.5) is 0 Å². The van der Waals surface area contributed by atoms with Gasteiger partial charge in [0.25, 0.3) is 5.91 Å². The van der Waals surface area contributed by atoms with Crippen molar-refractivity contribution < 1.29 is 14.3 Å². The summed E-state index contributed by atoms with van der Waals surface area (Å²) < 4.78 is 11.9. The Balaban J connectivity index is 1.67. The number of amides is 1. The van der Waals surface area contributed by atoms with Gasteiger partial charge < -0.3 is 14.8 Å². The summed E-state index contributed by atoms with van der Waals surface area (Å²) in [6, 6.07) is 7.31. The molecule has 1 aliphatic rings. The van der Waals surface area contributed by atoms with E-state index in [-0.39, 0.29) is 12.0 Å². The lowest BCUT2D eigenvalue weighted by Crippen LogP contribution is -2.51. The number of ether oxygens (including phenoxy) is 2. The van der Waals surface area contributed by atoms with Crippen LogP contribution in [-0.4, -0.2) is 36.4 Å². The van der Waals surface area contributed by atoms with Gasteiger partial charge >= 0.3 is 0 Å². The van der Waals surface area contributed by atoms with Gasteiger partial charge in [0.15, 0.2) is 11.2 Å². The number of carbonyl (C=O) groups is 1. The van der Waals surface area contributed by atoms with Crippen LogP contribution in [0.5, 0.6) is 5.75 Å². The topological polar surface area (TPSA) is 71.6 Å². The van der Waals surface area contributed by atoms with Crippen molar-refractivity contribution in [2.75, 3.05) is 13.2 Å². The van der Waals surface area contributed by atoms with Crippen molar-refractivity contribution in [1.29, 1.82) is 0 Å². The fourth-order valence-corrected chi connectivity index (χ4v) is 2.59. The first-order chi connectivity index (χ1) is 11.0. The van der Waals surface area contributed by atoms with Crippen LogP contribution >= 0.6 is 28.1 Å². The molecule has 0 aromatic heterocycles. The molecule has 3 N–H and O–H groups in total. The average molecular weight is 402 g/mol. The Bertz CT molecular complexity index is 553. The third-order valence-electron chi connectivity index (χ3n) is 3.29. The quantitative estimate of drug-likeness (QED) is 0.516. The molecule has 1 saturated heterocycles. The SMILES string of the molecule is C[C@H](Oc1cccc(Br)c1)C(=O)NNC(=S)NC[C@H]1CCCO1. The van der Waals surface area contributed by atoms with Gasteiger partial charge in [0.05, 0.1) is 6.10 Å². The zero-order valence-electron chi connectivity index (χ0n) is 12.8. The molecule has 126 valence electrons. The van der Waals surface area contributed by atoms with E-state index in [1.54, 1.807) is 19.1 Å². The zero-order chi connectivity index (χ0) is 16.7. The predicted molar refractivity (Wildman–Crippen MR) is 95.1 cm³/mol. The van der Waals surface area contributed by atoms with Crippen LogP contribution in [0.3, 0.4) is 0 Å². The van der Waals surface area contributed by atoms with E-state index in [2.05, 4.69) is 32.1 Å². The lowest BCUT2D eigenvalue weighted by atomic mass is 10.2. The van der Waals surface area contributed by atoms with Gasteiger partial charge in [-0.3, -0.25) is 15.6 Å². The Morgan fingerprint density at radius 3 is 3.04 bits per heavy atom. The number of halogens is 1. The average Bonchev–Trinajstić information content (AvgIpc) is 3.04. The minimum absolute atomic E-state index is 0.184. The Morgan fingerprint density at radius 1 is 1.52 bits per heavy atom. The van der Waals surface area contributed by atoms with E-state index in [4.69, 9.17) is 21.7 Å². The van der Waals surface area contributed by atoms with Gasteiger partial charge in [-0.1, -0.05) is 22.0 Å². The van der Waals surface area contributed by atoms with Crippen molar-refractivity contribution >= 4 is 39.2 Å². The van der Waals surface area contributed by atoms with Crippen LogP contribution in [0.15, 0.2) is 28.7 Å². The van der Waals surface area contributed by atoms with Gasteiger partial charge in [-0.05, 0) is 50.2 Å². The fourth-order valence-electron chi connectivity index (χ4n) is 2.07. The van der Waals surface area contributed by atoms with E-state index in [1.807, 2.05) is 12.1 Å². The molecule has 1 amide bonds. The van der Waals surface area contributed by atoms with E-state index >= 15 is 0 Å². The molecule has 2 rings (SSSR count). The second-order valence-electron chi connectivity index (χ2n) is 5.18. The van der Waals surface area contributed by atoms with Gasteiger partial charge in [-0.15, -0.1) is 0 Å². The first-order valence-corrected chi connectivity index (χ1v) is 8.62. The molecule has 0 bridgehead atoms. The molecular formula is C15H20BrN3O3S. The van der Waals surface area contributed by atoms with Crippen molar-refractivity contribution in [3.8, 4) is 5.75 Å². The standard InChI is InChI=1S/C15H20BrN3O3S/c1-10(22-12-5-2-4-11(16)8-12)14(20)18-19-15(23)17-9-13-6-3-7-21-13/h2,4-5,8,10,13H,3,6-7,9H2,1H3,(H,18,20)(H2,17,19,23)/t10-,13+/m0/s1. The Kier molecular flexibility index (Phi) is 7.07. The summed E-state index contributed by atoms with van der Waals surface area (Å²) in [6.07, 6.45) is 1.63. The number of nitrogens with one attached hydrogen (secondary N) is 3. The number of benzene rings is 1. The molecule has 0 spiro atoms. The maximum atomic E-state index is 12.0. The highest BCUT2D eigenvalue weighted by atomic mass is 79.9. The number of rotatable bonds is 5. The lowest BCUT2D eigenvalue weighted by Gasteiger charge is -2.17. The predicted octanol–water partition coefficient (Wildman–Crippen LogP) is 1.89. The minimum Gasteiger partial charge on any atom is -0.481 e. The normalized spacial score (nSPS) is 18.1. The van der Waals surface area contributed by atoms with E-state index in [0.29, 0.717) is 17.4 Å². The third kappa shape index (κ3) is 6.32. The smallest absolute Gasteiger partial charge is 0.279 e. The second-order valence-corrected chi connectivity index (χ2v) is 6.50. The molecule has 8 heteroatoms. The minimum atomic E-state index is -0.655. The summed E-state index contributed by atoms with van der Waals surface area (Å²) in [5.74, 6) is 0.298. The highest BCUT2D eigenvalue weighted by Gasteiger charge is 2.17. The lowest BCUT2D eigenvalue weighted by molar-refractivity contribution is -0.127. The maximum Gasteiger partial charge on any atom is 0.279 e. The Labute approximate surface area is 149 Å². The molecule has 1 aliphatic heterocycles. The van der Waals surface area contributed by atoms with Crippen LogP contribution in [0, 0.1) is 0 Å². The summed E-state index contributed by atoms with van der Waals surface area (Å²) in [6.45, 7) is 3.10. The van der Waals surface area contributed by atoms with Crippen molar-refractivity contribution in [2.24, 2.45) is 0 Å². The van der Waals surface area contributed by atoms with E-state index in [9.17, 15) is 4.79 Å². The molecule has 0 aliphatic carbocycles. The molecule has 1 aromatic rings. The molecule has 2 atom stereocenters. The third-order valence-corrected chi connectivity index (χ3v) is 4.03. The van der Waals surface area contributed by atoms with Crippen LogP contribution in [0.1, 0.15) is 19.8 Å². The molecule has 6 nitrogen and oxygen atoms in total. The van der Waals surface area contributed by atoms with Crippen molar-refractivity contribution in [1.82, 2.24) is 16.2 Å². The molecular weight excluding hydrogens is 382 g/mol. The maximum absolute atomic E-state index is 12.0. The summed E-state index contributed by atoms with van der Waals surface area (Å²) >= 11 is 8.46. The highest BCUT2D eigenvalue weighted by molar-refractivity contribution is 9.10.